The Balaban J connectivity index is 1.67. The van der Waals surface area contributed by atoms with Crippen LogP contribution >= 0.6 is 0 Å². The Bertz CT molecular complexity index is 1070. The van der Waals surface area contributed by atoms with E-state index in [0.29, 0.717) is 29.4 Å². The van der Waals surface area contributed by atoms with E-state index in [1.807, 2.05) is 19.1 Å². The van der Waals surface area contributed by atoms with Crippen molar-refractivity contribution in [3.05, 3.63) is 53.2 Å². The molecule has 156 valence electrons. The molecular formula is C22H25N5O3. The number of anilines is 1. The van der Waals surface area contributed by atoms with Crippen LogP contribution in [0.15, 0.2) is 36.4 Å². The maximum Gasteiger partial charge on any atom is 0.254 e. The standard InChI is InChI=1S/C22H25N5O3/c1-13-10-15-11-14(6-8-17(15)24-21(13)23)22(29)27(18-4-3-5-19(18)28)12-16-7-9-20(30-2)26-25-16/h6-11,18-19,28H,3-5,12H2,1-2H3,(H2,23,24)/t18-,19-/m1/s1. The summed E-state index contributed by atoms with van der Waals surface area (Å²) in [5.41, 5.74) is 8.67. The number of aliphatic hydroxyl groups is 1. The summed E-state index contributed by atoms with van der Waals surface area (Å²) in [4.78, 5) is 19.6. The van der Waals surface area contributed by atoms with Crippen LogP contribution < -0.4 is 10.5 Å². The summed E-state index contributed by atoms with van der Waals surface area (Å²) in [5.74, 6) is 0.736. The summed E-state index contributed by atoms with van der Waals surface area (Å²) in [6.45, 7) is 2.15. The largest absolute Gasteiger partial charge is 0.480 e. The molecule has 3 N–H and O–H groups in total. The van der Waals surface area contributed by atoms with Crippen molar-refractivity contribution in [1.29, 1.82) is 0 Å². The lowest BCUT2D eigenvalue weighted by atomic mass is 10.1. The van der Waals surface area contributed by atoms with Crippen molar-refractivity contribution < 1.29 is 14.6 Å². The predicted octanol–water partition coefficient (Wildman–Crippen LogP) is 2.48. The van der Waals surface area contributed by atoms with Gasteiger partial charge in [0.05, 0.1) is 37.0 Å². The number of fused-ring (bicyclic) bond motifs is 1. The quantitative estimate of drug-likeness (QED) is 0.668. The van der Waals surface area contributed by atoms with Crippen LogP contribution in [-0.2, 0) is 6.54 Å². The zero-order chi connectivity index (χ0) is 21.3. The number of carbonyl (C=O) groups is 1. The molecule has 30 heavy (non-hydrogen) atoms. The Morgan fingerprint density at radius 2 is 2.07 bits per heavy atom. The van der Waals surface area contributed by atoms with E-state index in [-0.39, 0.29) is 18.5 Å². The van der Waals surface area contributed by atoms with Crippen LogP contribution in [0, 0.1) is 6.92 Å². The lowest BCUT2D eigenvalue weighted by Gasteiger charge is -2.31. The molecule has 1 fully saturated rings. The molecule has 1 saturated carbocycles. The van der Waals surface area contributed by atoms with Gasteiger partial charge in [0.15, 0.2) is 0 Å². The number of nitrogens with two attached hydrogens (primary N) is 1. The fraction of sp³-hybridized carbons (Fsp3) is 0.364. The molecule has 2 heterocycles. The van der Waals surface area contributed by atoms with E-state index in [4.69, 9.17) is 10.5 Å². The Hall–Kier alpha value is -3.26. The van der Waals surface area contributed by atoms with Crippen molar-refractivity contribution in [2.45, 2.75) is 44.9 Å². The number of ether oxygens (including phenoxy) is 1. The summed E-state index contributed by atoms with van der Waals surface area (Å²) in [5, 5.41) is 19.5. The Morgan fingerprint density at radius 3 is 2.73 bits per heavy atom. The molecule has 0 unspecified atom stereocenters. The van der Waals surface area contributed by atoms with E-state index in [1.54, 1.807) is 29.2 Å². The Kier molecular flexibility index (Phi) is 5.50. The molecule has 8 heteroatoms. The fourth-order valence-electron chi connectivity index (χ4n) is 3.94. The number of aryl methyl sites for hydroxylation is 1. The lowest BCUT2D eigenvalue weighted by Crippen LogP contribution is -2.44. The first-order chi connectivity index (χ1) is 14.5. The minimum atomic E-state index is -0.552. The third-order valence-electron chi connectivity index (χ3n) is 5.63. The monoisotopic (exact) mass is 407 g/mol. The van der Waals surface area contributed by atoms with Crippen molar-refractivity contribution in [1.82, 2.24) is 20.1 Å². The number of nitrogens with zero attached hydrogens (tertiary/aromatic N) is 4. The number of methoxy groups -OCH3 is 1. The maximum atomic E-state index is 13.5. The van der Waals surface area contributed by atoms with Crippen molar-refractivity contribution >= 4 is 22.6 Å². The molecule has 2 aromatic heterocycles. The second-order valence-electron chi connectivity index (χ2n) is 7.66. The lowest BCUT2D eigenvalue weighted by molar-refractivity contribution is 0.0427. The van der Waals surface area contributed by atoms with Crippen LogP contribution in [-0.4, -0.2) is 50.4 Å². The smallest absolute Gasteiger partial charge is 0.254 e. The molecule has 0 spiro atoms. The van der Waals surface area contributed by atoms with Gasteiger partial charge in [0.1, 0.15) is 5.82 Å². The van der Waals surface area contributed by atoms with Crippen molar-refractivity contribution in [3.63, 3.8) is 0 Å². The van der Waals surface area contributed by atoms with Crippen LogP contribution in [0.5, 0.6) is 5.88 Å². The zero-order valence-electron chi connectivity index (χ0n) is 17.1. The number of pyridine rings is 1. The highest BCUT2D eigenvalue weighted by Crippen LogP contribution is 2.28. The van der Waals surface area contributed by atoms with Crippen LogP contribution in [0.2, 0.25) is 0 Å². The molecule has 4 rings (SSSR count). The van der Waals surface area contributed by atoms with E-state index in [2.05, 4.69) is 15.2 Å². The Labute approximate surface area is 174 Å². The summed E-state index contributed by atoms with van der Waals surface area (Å²) < 4.78 is 5.06. The van der Waals surface area contributed by atoms with Crippen LogP contribution in [0.1, 0.15) is 40.9 Å². The zero-order valence-corrected chi connectivity index (χ0v) is 17.1. The number of hydrogen-bond acceptors (Lipinski definition) is 7. The molecule has 1 aliphatic carbocycles. The first-order valence-corrected chi connectivity index (χ1v) is 9.99. The molecular weight excluding hydrogens is 382 g/mol. The minimum Gasteiger partial charge on any atom is -0.480 e. The van der Waals surface area contributed by atoms with E-state index in [9.17, 15) is 9.90 Å². The summed E-state index contributed by atoms with van der Waals surface area (Å²) in [6, 6.07) is 10.5. The number of aliphatic hydroxyl groups excluding tert-OH is 1. The number of amides is 1. The summed E-state index contributed by atoms with van der Waals surface area (Å²) >= 11 is 0. The summed E-state index contributed by atoms with van der Waals surface area (Å²) in [6.07, 6.45) is 1.76. The van der Waals surface area contributed by atoms with E-state index >= 15 is 0 Å². The molecule has 1 amide bonds. The second kappa shape index (κ2) is 8.23. The van der Waals surface area contributed by atoms with Gasteiger partial charge in [0.25, 0.3) is 5.91 Å². The minimum absolute atomic E-state index is 0.157. The second-order valence-corrected chi connectivity index (χ2v) is 7.66. The van der Waals surface area contributed by atoms with Crippen LogP contribution in [0.3, 0.4) is 0 Å². The van der Waals surface area contributed by atoms with E-state index < -0.39 is 6.10 Å². The van der Waals surface area contributed by atoms with Gasteiger partial charge in [0, 0.05) is 17.0 Å². The van der Waals surface area contributed by atoms with Gasteiger partial charge >= 0.3 is 0 Å². The van der Waals surface area contributed by atoms with Gasteiger partial charge in [0.2, 0.25) is 5.88 Å². The molecule has 0 saturated heterocycles. The molecule has 1 aliphatic rings. The fourth-order valence-corrected chi connectivity index (χ4v) is 3.94. The SMILES string of the molecule is COc1ccc(CN(C(=O)c2ccc3nc(N)c(C)cc3c2)[C@@H]2CCC[C@H]2O)nn1. The van der Waals surface area contributed by atoms with Gasteiger partial charge < -0.3 is 20.5 Å². The normalized spacial score (nSPS) is 18.5. The van der Waals surface area contributed by atoms with Crippen LogP contribution in [0.4, 0.5) is 5.82 Å². The number of carbonyl (C=O) groups excluding carboxylic acids is 1. The first-order valence-electron chi connectivity index (χ1n) is 9.99. The predicted molar refractivity (Wildman–Crippen MR) is 113 cm³/mol. The van der Waals surface area contributed by atoms with E-state index in [0.717, 1.165) is 29.3 Å². The number of nitrogen functional groups attached to an aromatic ring is 1. The Morgan fingerprint density at radius 1 is 1.23 bits per heavy atom. The number of rotatable bonds is 5. The highest BCUT2D eigenvalue weighted by Gasteiger charge is 2.34. The highest BCUT2D eigenvalue weighted by atomic mass is 16.5. The van der Waals surface area contributed by atoms with Gasteiger partial charge in [-0.2, -0.15) is 5.10 Å². The third-order valence-corrected chi connectivity index (χ3v) is 5.63. The maximum absolute atomic E-state index is 13.5. The molecule has 3 aromatic rings. The number of benzene rings is 1. The molecule has 8 nitrogen and oxygen atoms in total. The summed E-state index contributed by atoms with van der Waals surface area (Å²) in [7, 11) is 1.53. The first kappa shape index (κ1) is 20.0. The van der Waals surface area contributed by atoms with Crippen molar-refractivity contribution in [3.8, 4) is 5.88 Å². The van der Waals surface area contributed by atoms with Gasteiger partial charge in [-0.3, -0.25) is 4.79 Å². The molecule has 0 bridgehead atoms. The molecule has 0 radical (unpaired) electrons. The van der Waals surface area contributed by atoms with Gasteiger partial charge in [-0.1, -0.05) is 0 Å². The molecule has 0 aliphatic heterocycles. The molecule has 2 atom stereocenters. The topological polar surface area (TPSA) is 114 Å². The number of hydrogen-bond donors (Lipinski definition) is 2. The van der Waals surface area contributed by atoms with Crippen molar-refractivity contribution in [2.75, 3.05) is 12.8 Å². The van der Waals surface area contributed by atoms with Crippen LogP contribution in [0.25, 0.3) is 10.9 Å². The van der Waals surface area contributed by atoms with E-state index in [1.165, 1.54) is 7.11 Å². The third kappa shape index (κ3) is 3.91. The van der Waals surface area contributed by atoms with Crippen molar-refractivity contribution in [2.24, 2.45) is 0 Å². The average Bonchev–Trinajstić information content (AvgIpc) is 3.18. The van der Waals surface area contributed by atoms with Gasteiger partial charge in [-0.05, 0) is 62.1 Å². The number of aromatic nitrogens is 3. The van der Waals surface area contributed by atoms with Gasteiger partial charge in [-0.15, -0.1) is 5.10 Å². The highest BCUT2D eigenvalue weighted by molar-refractivity contribution is 5.98. The average molecular weight is 407 g/mol. The van der Waals surface area contributed by atoms with Gasteiger partial charge in [-0.25, -0.2) is 4.98 Å². The molecule has 1 aromatic carbocycles.